The van der Waals surface area contributed by atoms with Crippen LogP contribution in [-0.2, 0) is 17.9 Å². The first-order valence-electron chi connectivity index (χ1n) is 11.2. The highest BCUT2D eigenvalue weighted by atomic mass is 16.5. The first-order valence-corrected chi connectivity index (χ1v) is 11.2. The van der Waals surface area contributed by atoms with Gasteiger partial charge in [0.25, 0.3) is 0 Å². The van der Waals surface area contributed by atoms with Crippen molar-refractivity contribution in [1.29, 1.82) is 0 Å². The third kappa shape index (κ3) is 5.77. The molecule has 4 rings (SSSR count). The van der Waals surface area contributed by atoms with E-state index in [1.807, 2.05) is 29.2 Å². The molecule has 1 saturated carbocycles. The van der Waals surface area contributed by atoms with Gasteiger partial charge in [-0.05, 0) is 36.6 Å². The summed E-state index contributed by atoms with van der Waals surface area (Å²) in [4.78, 5) is 19.8. The number of carbonyl (C=O) groups excluding carboxylic acids is 1. The Kier molecular flexibility index (Phi) is 7.10. The second-order valence-corrected chi connectivity index (χ2v) is 8.46. The van der Waals surface area contributed by atoms with Crippen molar-refractivity contribution in [2.45, 2.75) is 32.0 Å². The van der Waals surface area contributed by atoms with Gasteiger partial charge in [0.05, 0.1) is 20.8 Å². The lowest BCUT2D eigenvalue weighted by Crippen LogP contribution is -2.51. The van der Waals surface area contributed by atoms with E-state index >= 15 is 0 Å². The predicted molar refractivity (Wildman–Crippen MR) is 121 cm³/mol. The number of rotatable bonds is 9. The molecule has 2 aromatic carbocycles. The van der Waals surface area contributed by atoms with E-state index in [1.54, 1.807) is 14.2 Å². The topological polar surface area (TPSA) is 45.3 Å². The average molecular weight is 424 g/mol. The Balaban J connectivity index is 1.33. The lowest BCUT2D eigenvalue weighted by atomic mass is 10.1. The number of ether oxygens (including phenoxy) is 2. The molecule has 1 amide bonds. The Morgan fingerprint density at radius 3 is 2.39 bits per heavy atom. The van der Waals surface area contributed by atoms with Crippen molar-refractivity contribution in [3.63, 3.8) is 0 Å². The van der Waals surface area contributed by atoms with Gasteiger partial charge in [0, 0.05) is 50.9 Å². The van der Waals surface area contributed by atoms with Gasteiger partial charge < -0.3 is 14.4 Å². The van der Waals surface area contributed by atoms with Gasteiger partial charge in [0.1, 0.15) is 11.5 Å². The number of nitrogens with zero attached hydrogens (tertiary/aromatic N) is 3. The van der Waals surface area contributed by atoms with Crippen molar-refractivity contribution in [1.82, 2.24) is 14.7 Å². The molecule has 0 bridgehead atoms. The Morgan fingerprint density at radius 2 is 1.74 bits per heavy atom. The lowest BCUT2D eigenvalue weighted by Gasteiger charge is -2.36. The van der Waals surface area contributed by atoms with Crippen molar-refractivity contribution in [2.75, 3.05) is 46.9 Å². The van der Waals surface area contributed by atoms with Crippen molar-refractivity contribution in [3.8, 4) is 11.5 Å². The summed E-state index contributed by atoms with van der Waals surface area (Å²) >= 11 is 0. The van der Waals surface area contributed by atoms with Crippen LogP contribution in [0.3, 0.4) is 0 Å². The molecule has 1 aliphatic carbocycles. The molecule has 166 valence electrons. The molecule has 0 spiro atoms. The van der Waals surface area contributed by atoms with Gasteiger partial charge in [-0.2, -0.15) is 0 Å². The van der Waals surface area contributed by atoms with E-state index in [4.69, 9.17) is 9.47 Å². The SMILES string of the molecule is COc1ccc(OC)c(CN(CC(=O)N2CCN(Cc3ccccc3)CC2)C2CC2)c1. The molecule has 0 N–H and O–H groups in total. The number of benzene rings is 2. The third-order valence-electron chi connectivity index (χ3n) is 6.24. The minimum absolute atomic E-state index is 0.230. The quantitative estimate of drug-likeness (QED) is 0.620. The van der Waals surface area contributed by atoms with Gasteiger partial charge in [0.2, 0.25) is 5.91 Å². The molecule has 2 aliphatic rings. The Labute approximate surface area is 185 Å². The summed E-state index contributed by atoms with van der Waals surface area (Å²) in [7, 11) is 3.36. The number of piperazine rings is 1. The van der Waals surface area contributed by atoms with Crippen LogP contribution in [0.25, 0.3) is 0 Å². The summed E-state index contributed by atoms with van der Waals surface area (Å²) in [5, 5.41) is 0. The van der Waals surface area contributed by atoms with E-state index in [9.17, 15) is 4.79 Å². The maximum Gasteiger partial charge on any atom is 0.236 e. The standard InChI is InChI=1S/C25H33N3O3/c1-30-23-10-11-24(31-2)21(16-23)18-28(22-8-9-22)19-25(29)27-14-12-26(13-15-27)17-20-6-4-3-5-7-20/h3-7,10-11,16,22H,8-9,12-15,17-19H2,1-2H3. The monoisotopic (exact) mass is 423 g/mol. The summed E-state index contributed by atoms with van der Waals surface area (Å²) in [5.74, 6) is 1.88. The highest BCUT2D eigenvalue weighted by molar-refractivity contribution is 5.78. The van der Waals surface area contributed by atoms with Crippen LogP contribution < -0.4 is 9.47 Å². The molecular formula is C25H33N3O3. The van der Waals surface area contributed by atoms with E-state index in [0.29, 0.717) is 19.1 Å². The van der Waals surface area contributed by atoms with Crippen LogP contribution >= 0.6 is 0 Å². The maximum atomic E-state index is 13.1. The van der Waals surface area contributed by atoms with Gasteiger partial charge in [-0.15, -0.1) is 0 Å². The van der Waals surface area contributed by atoms with E-state index < -0.39 is 0 Å². The fraction of sp³-hybridized carbons (Fsp3) is 0.480. The van der Waals surface area contributed by atoms with Gasteiger partial charge in [-0.1, -0.05) is 30.3 Å². The Hall–Kier alpha value is -2.57. The Bertz CT molecular complexity index is 862. The second-order valence-electron chi connectivity index (χ2n) is 8.46. The molecule has 0 aromatic heterocycles. The van der Waals surface area contributed by atoms with E-state index in [0.717, 1.165) is 62.6 Å². The first kappa shape index (κ1) is 21.7. The first-order chi connectivity index (χ1) is 15.2. The van der Waals surface area contributed by atoms with Gasteiger partial charge in [-0.3, -0.25) is 14.6 Å². The molecule has 0 atom stereocenters. The van der Waals surface area contributed by atoms with Crippen molar-refractivity contribution in [3.05, 3.63) is 59.7 Å². The van der Waals surface area contributed by atoms with Crippen molar-refractivity contribution in [2.24, 2.45) is 0 Å². The number of amides is 1. The summed E-state index contributed by atoms with van der Waals surface area (Å²) in [6.45, 7) is 5.56. The van der Waals surface area contributed by atoms with E-state index in [-0.39, 0.29) is 5.91 Å². The highest BCUT2D eigenvalue weighted by Crippen LogP contribution is 2.32. The summed E-state index contributed by atoms with van der Waals surface area (Å²) in [6, 6.07) is 16.9. The number of carbonyl (C=O) groups is 1. The molecule has 0 radical (unpaired) electrons. The van der Waals surface area contributed by atoms with Crippen LogP contribution in [0.5, 0.6) is 11.5 Å². The van der Waals surface area contributed by atoms with E-state index in [1.165, 1.54) is 5.56 Å². The minimum atomic E-state index is 0.230. The zero-order chi connectivity index (χ0) is 21.6. The molecule has 0 unspecified atom stereocenters. The molecule has 1 heterocycles. The number of hydrogen-bond acceptors (Lipinski definition) is 5. The Morgan fingerprint density at radius 1 is 1.00 bits per heavy atom. The smallest absolute Gasteiger partial charge is 0.236 e. The molecule has 1 saturated heterocycles. The average Bonchev–Trinajstić information content (AvgIpc) is 3.65. The molecule has 2 fully saturated rings. The summed E-state index contributed by atoms with van der Waals surface area (Å²) in [5.41, 5.74) is 2.39. The largest absolute Gasteiger partial charge is 0.497 e. The van der Waals surface area contributed by atoms with Gasteiger partial charge in [0.15, 0.2) is 0 Å². The molecule has 31 heavy (non-hydrogen) atoms. The molecule has 2 aromatic rings. The zero-order valence-electron chi connectivity index (χ0n) is 18.6. The normalized spacial score (nSPS) is 17.1. The fourth-order valence-electron chi connectivity index (χ4n) is 4.25. The fourth-order valence-corrected chi connectivity index (χ4v) is 4.25. The number of methoxy groups -OCH3 is 2. The lowest BCUT2D eigenvalue weighted by molar-refractivity contribution is -0.134. The third-order valence-corrected chi connectivity index (χ3v) is 6.24. The molecule has 6 nitrogen and oxygen atoms in total. The van der Waals surface area contributed by atoms with Crippen LogP contribution in [0, 0.1) is 0 Å². The predicted octanol–water partition coefficient (Wildman–Crippen LogP) is 3.01. The summed E-state index contributed by atoms with van der Waals surface area (Å²) < 4.78 is 10.9. The molecule has 6 heteroatoms. The molecular weight excluding hydrogens is 390 g/mol. The van der Waals surface area contributed by atoms with E-state index in [2.05, 4.69) is 34.1 Å². The van der Waals surface area contributed by atoms with Crippen molar-refractivity contribution < 1.29 is 14.3 Å². The maximum absolute atomic E-state index is 13.1. The van der Waals surface area contributed by atoms with Gasteiger partial charge in [-0.25, -0.2) is 0 Å². The highest BCUT2D eigenvalue weighted by Gasteiger charge is 2.32. The summed E-state index contributed by atoms with van der Waals surface area (Å²) in [6.07, 6.45) is 2.31. The van der Waals surface area contributed by atoms with Gasteiger partial charge >= 0.3 is 0 Å². The molecule has 1 aliphatic heterocycles. The minimum Gasteiger partial charge on any atom is -0.497 e. The van der Waals surface area contributed by atoms with Crippen LogP contribution in [0.15, 0.2) is 48.5 Å². The second kappa shape index (κ2) is 10.2. The number of hydrogen-bond donors (Lipinski definition) is 0. The van der Waals surface area contributed by atoms with Crippen LogP contribution in [0.4, 0.5) is 0 Å². The zero-order valence-corrected chi connectivity index (χ0v) is 18.6. The van der Waals surface area contributed by atoms with Crippen LogP contribution in [0.1, 0.15) is 24.0 Å². The van der Waals surface area contributed by atoms with Crippen molar-refractivity contribution >= 4 is 5.91 Å². The van der Waals surface area contributed by atoms with Crippen LogP contribution in [0.2, 0.25) is 0 Å². The van der Waals surface area contributed by atoms with Crippen LogP contribution in [-0.4, -0.2) is 73.6 Å².